The smallest absolute Gasteiger partial charge is 0.238 e. The van der Waals surface area contributed by atoms with Crippen LogP contribution in [0.1, 0.15) is 28.0 Å². The summed E-state index contributed by atoms with van der Waals surface area (Å²) in [7, 11) is 3.99. The molecule has 0 spiro atoms. The van der Waals surface area contributed by atoms with Crippen LogP contribution in [0.25, 0.3) is 0 Å². The number of anilines is 3. The van der Waals surface area contributed by atoms with Crippen LogP contribution in [0.3, 0.4) is 0 Å². The molecule has 1 N–H and O–H groups in total. The Kier molecular flexibility index (Phi) is 7.28. The van der Waals surface area contributed by atoms with E-state index in [1.807, 2.05) is 133 Å². The normalized spacial score (nSPS) is 15.2. The van der Waals surface area contributed by atoms with E-state index in [4.69, 9.17) is 0 Å². The third-order valence-electron chi connectivity index (χ3n) is 6.48. The highest BCUT2D eigenvalue weighted by atomic mass is 32.2. The van der Waals surface area contributed by atoms with Gasteiger partial charge in [0, 0.05) is 31.2 Å². The highest BCUT2D eigenvalue weighted by Gasteiger charge is 2.34. The van der Waals surface area contributed by atoms with Gasteiger partial charge in [-0.2, -0.15) is 0 Å². The second-order valence-corrected chi connectivity index (χ2v) is 10.3. The first-order valence-corrected chi connectivity index (χ1v) is 13.3. The molecule has 2 amide bonds. The zero-order valence-electron chi connectivity index (χ0n) is 20.9. The lowest BCUT2D eigenvalue weighted by atomic mass is 9.90. The SMILES string of the molecule is CN(C)c1ccc(N2C(=O)CSC2c2cccc(NC(=O)C(c3ccccc3)c3ccccc3)c2)cc1. The Morgan fingerprint density at radius 1 is 0.865 bits per heavy atom. The van der Waals surface area contributed by atoms with Gasteiger partial charge >= 0.3 is 0 Å². The molecule has 0 aromatic heterocycles. The predicted octanol–water partition coefficient (Wildman–Crippen LogP) is 6.30. The molecule has 4 aromatic rings. The third kappa shape index (κ3) is 5.39. The van der Waals surface area contributed by atoms with Crippen LogP contribution in [0, 0.1) is 0 Å². The number of hydrogen-bond donors (Lipinski definition) is 1. The number of nitrogens with one attached hydrogen (secondary N) is 1. The molecule has 5 nitrogen and oxygen atoms in total. The number of amides is 2. The molecule has 1 aliphatic heterocycles. The first-order chi connectivity index (χ1) is 18.0. The number of thioether (sulfide) groups is 1. The van der Waals surface area contributed by atoms with Crippen LogP contribution < -0.4 is 15.1 Å². The number of carbonyl (C=O) groups is 2. The first kappa shape index (κ1) is 24.7. The lowest BCUT2D eigenvalue weighted by molar-refractivity contribution is -0.117. The van der Waals surface area contributed by atoms with E-state index in [1.165, 1.54) is 0 Å². The molecule has 0 saturated carbocycles. The maximum absolute atomic E-state index is 13.6. The molecule has 5 rings (SSSR count). The van der Waals surface area contributed by atoms with Crippen molar-refractivity contribution >= 4 is 40.6 Å². The van der Waals surface area contributed by atoms with Crippen molar-refractivity contribution < 1.29 is 9.59 Å². The van der Waals surface area contributed by atoms with Crippen molar-refractivity contribution in [1.29, 1.82) is 0 Å². The van der Waals surface area contributed by atoms with Crippen LogP contribution in [0.2, 0.25) is 0 Å². The van der Waals surface area contributed by atoms with Crippen molar-refractivity contribution in [2.75, 3.05) is 35.0 Å². The largest absolute Gasteiger partial charge is 0.378 e. The summed E-state index contributed by atoms with van der Waals surface area (Å²) in [6.07, 6.45) is 0. The summed E-state index contributed by atoms with van der Waals surface area (Å²) in [5, 5.41) is 2.97. The van der Waals surface area contributed by atoms with E-state index in [9.17, 15) is 9.59 Å². The average molecular weight is 508 g/mol. The Hall–Kier alpha value is -4.03. The summed E-state index contributed by atoms with van der Waals surface area (Å²) in [4.78, 5) is 30.3. The van der Waals surface area contributed by atoms with E-state index in [0.717, 1.165) is 28.1 Å². The molecule has 0 radical (unpaired) electrons. The fourth-order valence-electron chi connectivity index (χ4n) is 4.63. The van der Waals surface area contributed by atoms with E-state index >= 15 is 0 Å². The third-order valence-corrected chi connectivity index (χ3v) is 7.69. The lowest BCUT2D eigenvalue weighted by Gasteiger charge is -2.25. The minimum Gasteiger partial charge on any atom is -0.378 e. The van der Waals surface area contributed by atoms with Gasteiger partial charge in [-0.15, -0.1) is 11.8 Å². The van der Waals surface area contributed by atoms with Gasteiger partial charge in [-0.3, -0.25) is 14.5 Å². The van der Waals surface area contributed by atoms with Crippen molar-refractivity contribution in [3.8, 4) is 0 Å². The average Bonchev–Trinajstić information content (AvgIpc) is 3.31. The highest BCUT2D eigenvalue weighted by Crippen LogP contribution is 2.42. The lowest BCUT2D eigenvalue weighted by Crippen LogP contribution is -2.28. The first-order valence-electron chi connectivity index (χ1n) is 12.2. The topological polar surface area (TPSA) is 52.6 Å². The Labute approximate surface area is 222 Å². The zero-order chi connectivity index (χ0) is 25.8. The van der Waals surface area contributed by atoms with Gasteiger partial charge in [-0.05, 0) is 53.1 Å². The van der Waals surface area contributed by atoms with Gasteiger partial charge in [0.15, 0.2) is 0 Å². The molecular formula is C31H29N3O2S. The Bertz CT molecular complexity index is 1340. The van der Waals surface area contributed by atoms with Crippen molar-refractivity contribution in [2.24, 2.45) is 0 Å². The quantitative estimate of drug-likeness (QED) is 0.319. The fraction of sp³-hybridized carbons (Fsp3) is 0.161. The van der Waals surface area contributed by atoms with Gasteiger partial charge in [0.2, 0.25) is 11.8 Å². The second-order valence-electron chi connectivity index (χ2n) is 9.21. The van der Waals surface area contributed by atoms with E-state index in [0.29, 0.717) is 11.4 Å². The number of benzene rings is 4. The Morgan fingerprint density at radius 3 is 2.08 bits per heavy atom. The molecule has 186 valence electrons. The highest BCUT2D eigenvalue weighted by molar-refractivity contribution is 8.00. The van der Waals surface area contributed by atoms with Gasteiger partial charge in [-0.25, -0.2) is 0 Å². The molecular weight excluding hydrogens is 478 g/mol. The molecule has 1 saturated heterocycles. The predicted molar refractivity (Wildman–Crippen MR) is 153 cm³/mol. The molecule has 1 unspecified atom stereocenters. The van der Waals surface area contributed by atoms with E-state index < -0.39 is 5.92 Å². The van der Waals surface area contributed by atoms with Gasteiger partial charge < -0.3 is 10.2 Å². The van der Waals surface area contributed by atoms with Crippen LogP contribution in [0.5, 0.6) is 0 Å². The molecule has 0 aliphatic carbocycles. The fourth-order valence-corrected chi connectivity index (χ4v) is 5.80. The molecule has 1 aliphatic rings. The number of hydrogen-bond acceptors (Lipinski definition) is 4. The maximum atomic E-state index is 13.6. The van der Waals surface area contributed by atoms with Crippen LogP contribution in [0.15, 0.2) is 109 Å². The van der Waals surface area contributed by atoms with Gasteiger partial charge in [0.25, 0.3) is 0 Å². The van der Waals surface area contributed by atoms with Gasteiger partial charge in [0.1, 0.15) is 5.37 Å². The molecule has 1 fully saturated rings. The van der Waals surface area contributed by atoms with Crippen molar-refractivity contribution in [1.82, 2.24) is 0 Å². The number of carbonyl (C=O) groups excluding carboxylic acids is 2. The molecule has 37 heavy (non-hydrogen) atoms. The van der Waals surface area contributed by atoms with Gasteiger partial charge in [-0.1, -0.05) is 72.8 Å². The second kappa shape index (κ2) is 10.9. The summed E-state index contributed by atoms with van der Waals surface area (Å²) in [5.74, 6) is -0.0304. The standard InChI is InChI=1S/C31H29N3O2S/c1-33(2)26-16-18-27(19-17-26)34-28(35)21-37-31(34)24-14-9-15-25(20-24)32-30(36)29(22-10-5-3-6-11-22)23-12-7-4-8-13-23/h3-20,29,31H,21H2,1-2H3,(H,32,36). The van der Waals surface area contributed by atoms with Crippen LogP contribution in [-0.2, 0) is 9.59 Å². The van der Waals surface area contributed by atoms with Crippen LogP contribution >= 0.6 is 11.8 Å². The van der Waals surface area contributed by atoms with E-state index in [1.54, 1.807) is 11.8 Å². The molecule has 6 heteroatoms. The van der Waals surface area contributed by atoms with Crippen LogP contribution in [-0.4, -0.2) is 31.7 Å². The molecule has 4 aromatic carbocycles. The van der Waals surface area contributed by atoms with E-state index in [2.05, 4.69) is 5.32 Å². The number of rotatable bonds is 7. The minimum atomic E-state index is -0.430. The minimum absolute atomic E-state index is 0.0789. The van der Waals surface area contributed by atoms with Gasteiger partial charge in [0.05, 0.1) is 11.7 Å². The monoisotopic (exact) mass is 507 g/mol. The molecule has 1 atom stereocenters. The summed E-state index contributed by atoms with van der Waals surface area (Å²) < 4.78 is 0. The Balaban J connectivity index is 1.40. The summed E-state index contributed by atoms with van der Waals surface area (Å²) >= 11 is 1.60. The van der Waals surface area contributed by atoms with Crippen molar-refractivity contribution in [3.05, 3.63) is 126 Å². The van der Waals surface area contributed by atoms with Crippen molar-refractivity contribution in [2.45, 2.75) is 11.3 Å². The van der Waals surface area contributed by atoms with Crippen molar-refractivity contribution in [3.63, 3.8) is 0 Å². The number of nitrogens with zero attached hydrogens (tertiary/aromatic N) is 2. The molecule has 1 heterocycles. The molecule has 0 bridgehead atoms. The summed E-state index contributed by atoms with van der Waals surface area (Å²) in [6.45, 7) is 0. The van der Waals surface area contributed by atoms with Crippen LogP contribution in [0.4, 0.5) is 17.1 Å². The summed E-state index contributed by atoms with van der Waals surface area (Å²) in [6, 6.07) is 35.5. The maximum Gasteiger partial charge on any atom is 0.238 e. The Morgan fingerprint density at radius 2 is 1.49 bits per heavy atom. The van der Waals surface area contributed by atoms with E-state index in [-0.39, 0.29) is 17.2 Å². The summed E-state index contributed by atoms with van der Waals surface area (Å²) in [5.41, 5.74) is 5.51. The zero-order valence-corrected chi connectivity index (χ0v) is 21.7.